The summed E-state index contributed by atoms with van der Waals surface area (Å²) in [7, 11) is 1.50. The van der Waals surface area contributed by atoms with Gasteiger partial charge in [0.25, 0.3) is 11.8 Å². The molecule has 0 spiro atoms. The van der Waals surface area contributed by atoms with Gasteiger partial charge in [-0.05, 0) is 49.6 Å². The number of nitrogens with zero attached hydrogens (tertiary/aromatic N) is 1. The van der Waals surface area contributed by atoms with Gasteiger partial charge < -0.3 is 15.3 Å². The maximum atomic E-state index is 13.1. The quantitative estimate of drug-likeness (QED) is 0.841. The molecule has 2 rings (SSSR count). The van der Waals surface area contributed by atoms with E-state index in [1.807, 2.05) is 32.0 Å². The normalized spacial score (nSPS) is 13.0. The zero-order valence-corrected chi connectivity index (χ0v) is 16.0. The van der Waals surface area contributed by atoms with Crippen LogP contribution in [0.1, 0.15) is 29.7 Å². The van der Waals surface area contributed by atoms with Crippen molar-refractivity contribution in [2.75, 3.05) is 12.4 Å². The average Bonchev–Trinajstić information content (AvgIpc) is 2.59. The van der Waals surface area contributed by atoms with E-state index < -0.39 is 18.1 Å². The van der Waals surface area contributed by atoms with Gasteiger partial charge in [-0.25, -0.2) is 0 Å². The lowest BCUT2D eigenvalue weighted by Gasteiger charge is -2.29. The molecule has 5 nitrogen and oxygen atoms in total. The number of amides is 2. The largest absolute Gasteiger partial charge is 0.384 e. The molecule has 2 N–H and O–H groups in total. The van der Waals surface area contributed by atoms with Gasteiger partial charge in [0.15, 0.2) is 0 Å². The van der Waals surface area contributed by atoms with Crippen LogP contribution in [0.15, 0.2) is 42.5 Å². The van der Waals surface area contributed by atoms with Gasteiger partial charge in [0.05, 0.1) is 0 Å². The predicted molar refractivity (Wildman–Crippen MR) is 103 cm³/mol. The van der Waals surface area contributed by atoms with Gasteiger partial charge in [0, 0.05) is 17.8 Å². The van der Waals surface area contributed by atoms with Crippen molar-refractivity contribution in [1.82, 2.24) is 4.90 Å². The highest BCUT2D eigenvalue weighted by Gasteiger charge is 2.30. The zero-order chi connectivity index (χ0) is 19.4. The van der Waals surface area contributed by atoms with E-state index in [4.69, 9.17) is 11.6 Å². The number of benzene rings is 2. The lowest BCUT2D eigenvalue weighted by Crippen LogP contribution is -2.42. The molecule has 2 aromatic carbocycles. The van der Waals surface area contributed by atoms with Gasteiger partial charge in [-0.1, -0.05) is 41.9 Å². The number of rotatable bonds is 5. The first-order valence-electron chi connectivity index (χ1n) is 8.29. The van der Waals surface area contributed by atoms with E-state index in [2.05, 4.69) is 5.32 Å². The number of para-hydroxylation sites is 1. The summed E-state index contributed by atoms with van der Waals surface area (Å²) in [6, 6.07) is 11.6. The Hall–Kier alpha value is -2.37. The molecule has 6 heteroatoms. The summed E-state index contributed by atoms with van der Waals surface area (Å²) in [6.45, 7) is 5.19. The Morgan fingerprint density at radius 1 is 1.08 bits per heavy atom. The summed E-state index contributed by atoms with van der Waals surface area (Å²) in [6.07, 6.45) is -1.21. The highest BCUT2D eigenvalue weighted by molar-refractivity contribution is 6.30. The summed E-state index contributed by atoms with van der Waals surface area (Å²) in [5, 5.41) is 13.1. The number of halogens is 1. The molecule has 0 aliphatic carbocycles. The molecule has 0 saturated carbocycles. The number of anilines is 1. The molecular weight excluding hydrogens is 352 g/mol. The molecule has 0 heterocycles. The second kappa shape index (κ2) is 8.34. The van der Waals surface area contributed by atoms with E-state index in [-0.39, 0.29) is 5.91 Å². The van der Waals surface area contributed by atoms with Gasteiger partial charge >= 0.3 is 0 Å². The van der Waals surface area contributed by atoms with Crippen molar-refractivity contribution in [3.05, 3.63) is 64.2 Å². The minimum atomic E-state index is -1.21. The number of hydrogen-bond acceptors (Lipinski definition) is 3. The molecule has 138 valence electrons. The third kappa shape index (κ3) is 4.42. The third-order valence-corrected chi connectivity index (χ3v) is 4.51. The van der Waals surface area contributed by atoms with Gasteiger partial charge in [-0.15, -0.1) is 0 Å². The molecule has 2 amide bonds. The van der Waals surface area contributed by atoms with Crippen LogP contribution in [0.2, 0.25) is 5.02 Å². The Morgan fingerprint density at radius 3 is 2.12 bits per heavy atom. The van der Waals surface area contributed by atoms with Crippen molar-refractivity contribution < 1.29 is 14.7 Å². The number of carbonyl (C=O) groups excluding carboxylic acids is 2. The first-order chi connectivity index (χ1) is 12.2. The number of likely N-dealkylation sites (N-methyl/N-ethyl adjacent to an activating group) is 1. The Morgan fingerprint density at radius 2 is 1.62 bits per heavy atom. The second-order valence-corrected chi connectivity index (χ2v) is 6.77. The van der Waals surface area contributed by atoms with Gasteiger partial charge in [0.1, 0.15) is 12.1 Å². The van der Waals surface area contributed by atoms with Crippen LogP contribution in [0.3, 0.4) is 0 Å². The molecule has 2 aromatic rings. The van der Waals surface area contributed by atoms with E-state index in [9.17, 15) is 14.7 Å². The zero-order valence-electron chi connectivity index (χ0n) is 15.3. The van der Waals surface area contributed by atoms with Gasteiger partial charge in [0.2, 0.25) is 0 Å². The van der Waals surface area contributed by atoms with E-state index in [1.165, 1.54) is 18.9 Å². The molecule has 0 radical (unpaired) electrons. The van der Waals surface area contributed by atoms with Crippen LogP contribution in [0.4, 0.5) is 5.69 Å². The molecule has 0 aromatic heterocycles. The number of aliphatic hydroxyl groups is 1. The SMILES string of the molecule is Cc1cccc(C)c1NC(=O)[C@H](c1ccc(Cl)cc1)N(C)C(=O)[C@@H](C)O. The Balaban J connectivity index is 2.41. The molecule has 0 bridgehead atoms. The maximum Gasteiger partial charge on any atom is 0.251 e. The molecule has 26 heavy (non-hydrogen) atoms. The van der Waals surface area contributed by atoms with Crippen molar-refractivity contribution in [3.8, 4) is 0 Å². The first-order valence-corrected chi connectivity index (χ1v) is 8.67. The van der Waals surface area contributed by atoms with Crippen molar-refractivity contribution in [1.29, 1.82) is 0 Å². The van der Waals surface area contributed by atoms with Crippen LogP contribution in [0.5, 0.6) is 0 Å². The molecule has 0 unspecified atom stereocenters. The summed E-state index contributed by atoms with van der Waals surface area (Å²) in [5.41, 5.74) is 3.18. The molecule has 0 fully saturated rings. The molecule has 2 atom stereocenters. The smallest absolute Gasteiger partial charge is 0.251 e. The van der Waals surface area contributed by atoms with E-state index in [0.717, 1.165) is 11.1 Å². The number of nitrogens with one attached hydrogen (secondary N) is 1. The summed E-state index contributed by atoms with van der Waals surface area (Å²) >= 11 is 5.94. The monoisotopic (exact) mass is 374 g/mol. The van der Waals surface area contributed by atoms with E-state index >= 15 is 0 Å². The highest BCUT2D eigenvalue weighted by Crippen LogP contribution is 2.26. The standard InChI is InChI=1S/C20H23ClN2O3/c1-12-6-5-7-13(2)17(12)22-19(25)18(23(4)20(26)14(3)24)15-8-10-16(21)11-9-15/h5-11,14,18,24H,1-4H3,(H,22,25)/t14-,18+/m1/s1. The number of aliphatic hydroxyl groups excluding tert-OH is 1. The fourth-order valence-electron chi connectivity index (χ4n) is 2.82. The van der Waals surface area contributed by atoms with Crippen LogP contribution in [-0.2, 0) is 9.59 Å². The second-order valence-electron chi connectivity index (χ2n) is 6.34. The van der Waals surface area contributed by atoms with Crippen LogP contribution in [0.25, 0.3) is 0 Å². The summed E-state index contributed by atoms with van der Waals surface area (Å²) in [4.78, 5) is 26.6. The maximum absolute atomic E-state index is 13.1. The van der Waals surface area contributed by atoms with Crippen molar-refractivity contribution >= 4 is 29.1 Å². The first kappa shape index (κ1) is 19.9. The number of hydrogen-bond donors (Lipinski definition) is 2. The average molecular weight is 375 g/mol. The van der Waals surface area contributed by atoms with Gasteiger partial charge in [-0.2, -0.15) is 0 Å². The fourth-order valence-corrected chi connectivity index (χ4v) is 2.95. The minimum absolute atomic E-state index is 0.360. The predicted octanol–water partition coefficient (Wildman–Crippen LogP) is 3.48. The van der Waals surface area contributed by atoms with Gasteiger partial charge in [-0.3, -0.25) is 9.59 Å². The number of carbonyl (C=O) groups is 2. The Labute approximate surface area is 158 Å². The lowest BCUT2D eigenvalue weighted by molar-refractivity contribution is -0.143. The molecule has 0 aliphatic rings. The third-order valence-electron chi connectivity index (χ3n) is 4.26. The van der Waals surface area contributed by atoms with E-state index in [0.29, 0.717) is 16.3 Å². The van der Waals surface area contributed by atoms with Crippen LogP contribution in [0, 0.1) is 13.8 Å². The van der Waals surface area contributed by atoms with Crippen molar-refractivity contribution in [2.24, 2.45) is 0 Å². The minimum Gasteiger partial charge on any atom is -0.384 e. The number of aryl methyl sites for hydroxylation is 2. The molecular formula is C20H23ClN2O3. The Bertz CT molecular complexity index is 783. The van der Waals surface area contributed by atoms with Crippen LogP contribution in [-0.4, -0.2) is 35.0 Å². The van der Waals surface area contributed by atoms with Crippen LogP contribution < -0.4 is 5.32 Å². The Kier molecular flexibility index (Phi) is 6.40. The van der Waals surface area contributed by atoms with Crippen molar-refractivity contribution in [3.63, 3.8) is 0 Å². The van der Waals surface area contributed by atoms with Crippen molar-refractivity contribution in [2.45, 2.75) is 32.9 Å². The molecule has 0 saturated heterocycles. The molecule has 0 aliphatic heterocycles. The lowest BCUT2D eigenvalue weighted by atomic mass is 10.0. The summed E-state index contributed by atoms with van der Waals surface area (Å²) < 4.78 is 0. The highest BCUT2D eigenvalue weighted by atomic mass is 35.5. The van der Waals surface area contributed by atoms with Crippen LogP contribution >= 0.6 is 11.6 Å². The summed E-state index contributed by atoms with van der Waals surface area (Å²) in [5.74, 6) is -0.900. The van der Waals surface area contributed by atoms with E-state index in [1.54, 1.807) is 24.3 Å². The fraction of sp³-hybridized carbons (Fsp3) is 0.300. The topological polar surface area (TPSA) is 69.6 Å².